The number of halogens is 3. The first-order chi connectivity index (χ1) is 8.36. The standard InChI is InChI=1S/C10H10ClF2N3O2/c1-4(9(14)16-18)10(17)15-8-6(11)2-5(12)3-7(8)13/h2-4,18H,1H3,(H2,14,16)(H,15,17). The van der Waals surface area contributed by atoms with Crippen LogP contribution in [0, 0.1) is 17.6 Å². The third-order valence-corrected chi connectivity index (χ3v) is 2.51. The Bertz CT molecular complexity index is 485. The topological polar surface area (TPSA) is 87.7 Å². The first-order valence-electron chi connectivity index (χ1n) is 4.79. The maximum atomic E-state index is 13.4. The van der Waals surface area contributed by atoms with Gasteiger partial charge in [-0.15, -0.1) is 0 Å². The summed E-state index contributed by atoms with van der Waals surface area (Å²) >= 11 is 5.59. The monoisotopic (exact) mass is 277 g/mol. The predicted molar refractivity (Wildman–Crippen MR) is 62.6 cm³/mol. The van der Waals surface area contributed by atoms with Crippen LogP contribution in [0.15, 0.2) is 17.3 Å². The lowest BCUT2D eigenvalue weighted by molar-refractivity contribution is -0.117. The number of anilines is 1. The van der Waals surface area contributed by atoms with Gasteiger partial charge in [-0.05, 0) is 13.0 Å². The van der Waals surface area contributed by atoms with Gasteiger partial charge in [-0.2, -0.15) is 0 Å². The normalized spacial score (nSPS) is 13.2. The minimum absolute atomic E-state index is 0.285. The Morgan fingerprint density at radius 2 is 2.17 bits per heavy atom. The fraction of sp³-hybridized carbons (Fsp3) is 0.200. The highest BCUT2D eigenvalue weighted by atomic mass is 35.5. The number of oxime groups is 1. The zero-order valence-corrected chi connectivity index (χ0v) is 10.0. The zero-order chi connectivity index (χ0) is 13.9. The average molecular weight is 278 g/mol. The van der Waals surface area contributed by atoms with Crippen LogP contribution < -0.4 is 11.1 Å². The van der Waals surface area contributed by atoms with Crippen molar-refractivity contribution < 1.29 is 18.8 Å². The number of hydrogen-bond donors (Lipinski definition) is 3. The van der Waals surface area contributed by atoms with E-state index in [-0.39, 0.29) is 16.5 Å². The van der Waals surface area contributed by atoms with Gasteiger partial charge in [-0.25, -0.2) is 8.78 Å². The van der Waals surface area contributed by atoms with E-state index in [1.165, 1.54) is 6.92 Å². The Morgan fingerprint density at radius 1 is 1.56 bits per heavy atom. The van der Waals surface area contributed by atoms with E-state index in [1.807, 2.05) is 0 Å². The molecule has 1 aromatic rings. The molecule has 0 heterocycles. The van der Waals surface area contributed by atoms with Gasteiger partial charge in [0.2, 0.25) is 5.91 Å². The van der Waals surface area contributed by atoms with Crippen LogP contribution in [0.4, 0.5) is 14.5 Å². The van der Waals surface area contributed by atoms with E-state index < -0.39 is 23.5 Å². The molecule has 1 atom stereocenters. The van der Waals surface area contributed by atoms with Gasteiger partial charge in [0.1, 0.15) is 5.82 Å². The van der Waals surface area contributed by atoms with Crippen molar-refractivity contribution in [1.29, 1.82) is 0 Å². The van der Waals surface area contributed by atoms with Crippen LogP contribution in [0.5, 0.6) is 0 Å². The number of amidine groups is 1. The summed E-state index contributed by atoms with van der Waals surface area (Å²) in [6.07, 6.45) is 0. The molecule has 1 amide bonds. The maximum absolute atomic E-state index is 13.4. The van der Waals surface area contributed by atoms with Crippen LogP contribution in [0.25, 0.3) is 0 Å². The van der Waals surface area contributed by atoms with Crippen LogP contribution in [-0.2, 0) is 4.79 Å². The van der Waals surface area contributed by atoms with Crippen molar-refractivity contribution in [2.45, 2.75) is 6.92 Å². The molecule has 0 saturated carbocycles. The van der Waals surface area contributed by atoms with Gasteiger partial charge < -0.3 is 16.3 Å². The van der Waals surface area contributed by atoms with E-state index in [9.17, 15) is 13.6 Å². The molecule has 0 aliphatic carbocycles. The lowest BCUT2D eigenvalue weighted by Gasteiger charge is -2.12. The van der Waals surface area contributed by atoms with Crippen molar-refractivity contribution in [2.24, 2.45) is 16.8 Å². The minimum Gasteiger partial charge on any atom is -0.409 e. The van der Waals surface area contributed by atoms with Crippen LogP contribution >= 0.6 is 11.6 Å². The molecule has 1 rings (SSSR count). The molecule has 0 radical (unpaired) electrons. The van der Waals surface area contributed by atoms with Crippen LogP contribution in [-0.4, -0.2) is 17.0 Å². The molecule has 0 bridgehead atoms. The number of benzene rings is 1. The quantitative estimate of drug-likeness (QED) is 0.341. The molecule has 5 nitrogen and oxygen atoms in total. The molecule has 0 aliphatic rings. The molecule has 1 aromatic carbocycles. The molecular weight excluding hydrogens is 268 g/mol. The maximum Gasteiger partial charge on any atom is 0.235 e. The van der Waals surface area contributed by atoms with Gasteiger partial charge in [0, 0.05) is 6.07 Å². The van der Waals surface area contributed by atoms with Crippen molar-refractivity contribution in [3.8, 4) is 0 Å². The molecule has 0 spiro atoms. The highest BCUT2D eigenvalue weighted by Crippen LogP contribution is 2.26. The zero-order valence-electron chi connectivity index (χ0n) is 9.25. The second-order valence-electron chi connectivity index (χ2n) is 3.48. The summed E-state index contributed by atoms with van der Waals surface area (Å²) in [5.41, 5.74) is 4.86. The number of nitrogens with one attached hydrogen (secondary N) is 1. The first-order valence-corrected chi connectivity index (χ1v) is 5.17. The Hall–Kier alpha value is -1.89. The molecular formula is C10H10ClF2N3O2. The number of nitrogens with two attached hydrogens (primary N) is 1. The second-order valence-corrected chi connectivity index (χ2v) is 3.89. The number of carbonyl (C=O) groups excluding carboxylic acids is 1. The number of rotatable bonds is 3. The summed E-state index contributed by atoms with van der Waals surface area (Å²) in [4.78, 5) is 11.6. The third-order valence-electron chi connectivity index (χ3n) is 2.21. The van der Waals surface area contributed by atoms with Gasteiger partial charge in [0.15, 0.2) is 11.7 Å². The lowest BCUT2D eigenvalue weighted by Crippen LogP contribution is -2.32. The Labute approximate surface area is 106 Å². The fourth-order valence-corrected chi connectivity index (χ4v) is 1.36. The molecule has 1 unspecified atom stereocenters. The van der Waals surface area contributed by atoms with Crippen molar-refractivity contribution in [3.05, 3.63) is 28.8 Å². The van der Waals surface area contributed by atoms with E-state index >= 15 is 0 Å². The molecule has 98 valence electrons. The molecule has 4 N–H and O–H groups in total. The third kappa shape index (κ3) is 3.07. The SMILES string of the molecule is CC(C(=O)Nc1c(F)cc(F)cc1Cl)C(N)=NO. The molecule has 0 fully saturated rings. The Kier molecular flexibility index (Phi) is 4.43. The van der Waals surface area contributed by atoms with Gasteiger partial charge in [0.25, 0.3) is 0 Å². The average Bonchev–Trinajstić information content (AvgIpc) is 2.31. The summed E-state index contributed by atoms with van der Waals surface area (Å²) in [6, 6.07) is 1.43. The van der Waals surface area contributed by atoms with E-state index in [4.69, 9.17) is 22.5 Å². The van der Waals surface area contributed by atoms with Crippen molar-refractivity contribution in [2.75, 3.05) is 5.32 Å². The summed E-state index contributed by atoms with van der Waals surface area (Å²) in [5, 5.41) is 12.9. The second kappa shape index (κ2) is 5.63. The van der Waals surface area contributed by atoms with E-state index in [2.05, 4.69) is 10.5 Å². The van der Waals surface area contributed by atoms with E-state index in [1.54, 1.807) is 0 Å². The molecule has 18 heavy (non-hydrogen) atoms. The van der Waals surface area contributed by atoms with Gasteiger partial charge >= 0.3 is 0 Å². The van der Waals surface area contributed by atoms with E-state index in [0.29, 0.717) is 6.07 Å². The highest BCUT2D eigenvalue weighted by molar-refractivity contribution is 6.33. The Balaban J connectivity index is 2.96. The molecule has 8 heteroatoms. The number of amides is 1. The number of carbonyl (C=O) groups is 1. The molecule has 0 saturated heterocycles. The van der Waals surface area contributed by atoms with Crippen molar-refractivity contribution in [3.63, 3.8) is 0 Å². The van der Waals surface area contributed by atoms with Crippen molar-refractivity contribution >= 4 is 29.0 Å². The Morgan fingerprint density at radius 3 is 2.67 bits per heavy atom. The molecule has 0 aliphatic heterocycles. The van der Waals surface area contributed by atoms with Crippen molar-refractivity contribution in [1.82, 2.24) is 0 Å². The van der Waals surface area contributed by atoms with Gasteiger partial charge in [-0.3, -0.25) is 4.79 Å². The summed E-state index contributed by atoms with van der Waals surface area (Å²) in [5.74, 6) is -3.94. The lowest BCUT2D eigenvalue weighted by atomic mass is 10.1. The summed E-state index contributed by atoms with van der Waals surface area (Å²) in [7, 11) is 0. The minimum atomic E-state index is -1.01. The highest BCUT2D eigenvalue weighted by Gasteiger charge is 2.20. The number of nitrogens with zero attached hydrogens (tertiary/aromatic N) is 1. The fourth-order valence-electron chi connectivity index (χ4n) is 1.11. The van der Waals surface area contributed by atoms with Crippen LogP contribution in [0.1, 0.15) is 6.92 Å². The smallest absolute Gasteiger partial charge is 0.235 e. The summed E-state index contributed by atoms with van der Waals surface area (Å²) < 4.78 is 26.1. The first kappa shape index (κ1) is 14.2. The predicted octanol–water partition coefficient (Wildman–Crippen LogP) is 1.94. The summed E-state index contributed by atoms with van der Waals surface area (Å²) in [6.45, 7) is 1.35. The van der Waals surface area contributed by atoms with Gasteiger partial charge in [-0.1, -0.05) is 16.8 Å². The largest absolute Gasteiger partial charge is 0.409 e. The van der Waals surface area contributed by atoms with E-state index in [0.717, 1.165) is 6.07 Å². The van der Waals surface area contributed by atoms with Gasteiger partial charge in [0.05, 0.1) is 16.6 Å². The molecule has 0 aromatic heterocycles. The van der Waals surface area contributed by atoms with Crippen LogP contribution in [0.2, 0.25) is 5.02 Å². The number of hydrogen-bond acceptors (Lipinski definition) is 3. The van der Waals surface area contributed by atoms with Crippen LogP contribution in [0.3, 0.4) is 0 Å².